The molecular weight excluding hydrogens is 338 g/mol. The quantitative estimate of drug-likeness (QED) is 0.702. The predicted octanol–water partition coefficient (Wildman–Crippen LogP) is 2.91. The molecular formula is C21H23N5O. The van der Waals surface area contributed by atoms with Crippen molar-refractivity contribution in [1.82, 2.24) is 19.9 Å². The first-order chi connectivity index (χ1) is 13.0. The lowest BCUT2D eigenvalue weighted by Gasteiger charge is -2.30. The summed E-state index contributed by atoms with van der Waals surface area (Å²) in [5.41, 5.74) is 5.62. The third kappa shape index (κ3) is 3.01. The molecule has 2 aromatic heterocycles. The first kappa shape index (κ1) is 17.4. The number of benzene rings is 1. The number of rotatable bonds is 2. The number of nitrogens with zero attached hydrogens (tertiary/aromatic N) is 5. The normalized spacial score (nSPS) is 13.6. The average Bonchev–Trinajstić information content (AvgIpc) is 2.66. The van der Waals surface area contributed by atoms with Gasteiger partial charge in [-0.25, -0.2) is 9.97 Å². The SMILES string of the molecule is Cc1cc(C(=O)N2CCc3c(ncnc3N(C)C)C2)c2cccc(C)c2n1. The Hall–Kier alpha value is -3.02. The molecule has 0 N–H and O–H groups in total. The van der Waals surface area contributed by atoms with Crippen molar-refractivity contribution < 1.29 is 4.79 Å². The summed E-state index contributed by atoms with van der Waals surface area (Å²) >= 11 is 0. The molecule has 0 unspecified atom stereocenters. The number of amides is 1. The molecule has 0 fully saturated rings. The number of carbonyl (C=O) groups is 1. The highest BCUT2D eigenvalue weighted by Crippen LogP contribution is 2.27. The molecule has 1 aliphatic heterocycles. The lowest BCUT2D eigenvalue weighted by atomic mass is 10.0. The molecule has 138 valence electrons. The van der Waals surface area contributed by atoms with Gasteiger partial charge in [-0.15, -0.1) is 0 Å². The highest BCUT2D eigenvalue weighted by Gasteiger charge is 2.26. The number of para-hydroxylation sites is 1. The van der Waals surface area contributed by atoms with Gasteiger partial charge in [0, 0.05) is 37.3 Å². The van der Waals surface area contributed by atoms with E-state index < -0.39 is 0 Å². The molecule has 0 atom stereocenters. The van der Waals surface area contributed by atoms with Gasteiger partial charge in [-0.2, -0.15) is 0 Å². The van der Waals surface area contributed by atoms with Crippen LogP contribution in [0.5, 0.6) is 0 Å². The van der Waals surface area contributed by atoms with Crippen LogP contribution in [0.25, 0.3) is 10.9 Å². The minimum absolute atomic E-state index is 0.0340. The summed E-state index contributed by atoms with van der Waals surface area (Å²) in [5.74, 6) is 0.972. The molecule has 0 saturated carbocycles. The number of anilines is 1. The summed E-state index contributed by atoms with van der Waals surface area (Å²) in [6, 6.07) is 7.88. The van der Waals surface area contributed by atoms with E-state index in [0.29, 0.717) is 18.7 Å². The van der Waals surface area contributed by atoms with Crippen LogP contribution in [0.1, 0.15) is 32.9 Å². The lowest BCUT2D eigenvalue weighted by molar-refractivity contribution is 0.0733. The Labute approximate surface area is 158 Å². The second-order valence-corrected chi connectivity index (χ2v) is 7.28. The second-order valence-electron chi connectivity index (χ2n) is 7.28. The Morgan fingerprint density at radius 1 is 1.19 bits per heavy atom. The van der Waals surface area contributed by atoms with Crippen LogP contribution in [0.3, 0.4) is 0 Å². The lowest BCUT2D eigenvalue weighted by Crippen LogP contribution is -2.37. The summed E-state index contributed by atoms with van der Waals surface area (Å²) in [6.07, 6.45) is 2.34. The zero-order chi connectivity index (χ0) is 19.1. The van der Waals surface area contributed by atoms with E-state index in [0.717, 1.165) is 45.7 Å². The fourth-order valence-corrected chi connectivity index (χ4v) is 3.76. The molecule has 1 aliphatic rings. The molecule has 6 heteroatoms. The van der Waals surface area contributed by atoms with E-state index in [1.54, 1.807) is 6.33 Å². The summed E-state index contributed by atoms with van der Waals surface area (Å²) < 4.78 is 0. The molecule has 3 heterocycles. The Morgan fingerprint density at radius 3 is 2.78 bits per heavy atom. The molecule has 0 spiro atoms. The summed E-state index contributed by atoms with van der Waals surface area (Å²) in [5, 5.41) is 0.910. The van der Waals surface area contributed by atoms with Crippen molar-refractivity contribution in [2.75, 3.05) is 25.5 Å². The van der Waals surface area contributed by atoms with E-state index in [1.807, 2.05) is 62.0 Å². The molecule has 1 amide bonds. The van der Waals surface area contributed by atoms with Gasteiger partial charge in [-0.1, -0.05) is 18.2 Å². The van der Waals surface area contributed by atoms with Crippen LogP contribution in [-0.2, 0) is 13.0 Å². The molecule has 4 rings (SSSR count). The maximum atomic E-state index is 13.4. The smallest absolute Gasteiger partial charge is 0.254 e. The van der Waals surface area contributed by atoms with Crippen LogP contribution in [0.4, 0.5) is 5.82 Å². The van der Waals surface area contributed by atoms with Crippen LogP contribution >= 0.6 is 0 Å². The van der Waals surface area contributed by atoms with Gasteiger partial charge in [0.15, 0.2) is 0 Å². The average molecular weight is 361 g/mol. The van der Waals surface area contributed by atoms with Crippen LogP contribution in [0, 0.1) is 13.8 Å². The highest BCUT2D eigenvalue weighted by molar-refractivity contribution is 6.06. The van der Waals surface area contributed by atoms with Gasteiger partial charge < -0.3 is 9.80 Å². The number of pyridine rings is 1. The van der Waals surface area contributed by atoms with Crippen LogP contribution in [-0.4, -0.2) is 46.4 Å². The third-order valence-electron chi connectivity index (χ3n) is 5.09. The van der Waals surface area contributed by atoms with Gasteiger partial charge in [0.1, 0.15) is 12.1 Å². The van der Waals surface area contributed by atoms with E-state index >= 15 is 0 Å². The molecule has 0 aliphatic carbocycles. The van der Waals surface area contributed by atoms with Crippen molar-refractivity contribution in [3.05, 3.63) is 58.7 Å². The van der Waals surface area contributed by atoms with Gasteiger partial charge in [-0.3, -0.25) is 9.78 Å². The predicted molar refractivity (Wildman–Crippen MR) is 106 cm³/mol. The molecule has 0 radical (unpaired) electrons. The molecule has 6 nitrogen and oxygen atoms in total. The molecule has 3 aromatic rings. The number of carbonyl (C=O) groups excluding carboxylic acids is 1. The van der Waals surface area contributed by atoms with Crippen LogP contribution in [0.2, 0.25) is 0 Å². The standard InChI is InChI=1S/C21H23N5O/c1-13-6-5-7-15-17(10-14(2)24-19(13)15)21(27)26-9-8-16-18(11-26)22-12-23-20(16)25(3)4/h5-7,10,12H,8-9,11H2,1-4H3. The molecule has 1 aromatic carbocycles. The van der Waals surface area contributed by atoms with Gasteiger partial charge in [0.25, 0.3) is 5.91 Å². The molecule has 27 heavy (non-hydrogen) atoms. The fourth-order valence-electron chi connectivity index (χ4n) is 3.76. The minimum atomic E-state index is 0.0340. The van der Waals surface area contributed by atoms with Crippen molar-refractivity contribution in [1.29, 1.82) is 0 Å². The summed E-state index contributed by atoms with van der Waals surface area (Å²) in [7, 11) is 3.96. The number of aryl methyl sites for hydroxylation is 2. The second kappa shape index (κ2) is 6.61. The largest absolute Gasteiger partial charge is 0.362 e. The summed E-state index contributed by atoms with van der Waals surface area (Å²) in [6.45, 7) is 5.13. The summed E-state index contributed by atoms with van der Waals surface area (Å²) in [4.78, 5) is 30.7. The van der Waals surface area contributed by atoms with Crippen LogP contribution in [0.15, 0.2) is 30.6 Å². The maximum absolute atomic E-state index is 13.4. The van der Waals surface area contributed by atoms with E-state index in [2.05, 4.69) is 15.0 Å². The first-order valence-corrected chi connectivity index (χ1v) is 9.12. The number of hydrogen-bond donors (Lipinski definition) is 0. The number of aromatic nitrogens is 3. The fraction of sp³-hybridized carbons (Fsp3) is 0.333. The molecule has 0 saturated heterocycles. The monoisotopic (exact) mass is 361 g/mol. The Bertz CT molecular complexity index is 1040. The van der Waals surface area contributed by atoms with E-state index in [4.69, 9.17) is 0 Å². The van der Waals surface area contributed by atoms with Crippen molar-refractivity contribution in [3.8, 4) is 0 Å². The van der Waals surface area contributed by atoms with Gasteiger partial charge in [0.05, 0.1) is 23.3 Å². The first-order valence-electron chi connectivity index (χ1n) is 9.12. The van der Waals surface area contributed by atoms with Crippen molar-refractivity contribution >= 4 is 22.6 Å². The zero-order valence-corrected chi connectivity index (χ0v) is 16.2. The van der Waals surface area contributed by atoms with Gasteiger partial charge in [-0.05, 0) is 31.9 Å². The maximum Gasteiger partial charge on any atom is 0.254 e. The number of fused-ring (bicyclic) bond motifs is 2. The topological polar surface area (TPSA) is 62.2 Å². The Morgan fingerprint density at radius 2 is 2.00 bits per heavy atom. The van der Waals surface area contributed by atoms with Crippen LogP contribution < -0.4 is 4.90 Å². The third-order valence-corrected chi connectivity index (χ3v) is 5.09. The number of hydrogen-bond acceptors (Lipinski definition) is 5. The van der Waals surface area contributed by atoms with Gasteiger partial charge in [0.2, 0.25) is 0 Å². The van der Waals surface area contributed by atoms with Crippen molar-refractivity contribution in [2.24, 2.45) is 0 Å². The Kier molecular flexibility index (Phi) is 4.26. The van der Waals surface area contributed by atoms with Crippen molar-refractivity contribution in [3.63, 3.8) is 0 Å². The Balaban J connectivity index is 1.72. The van der Waals surface area contributed by atoms with E-state index in [9.17, 15) is 4.79 Å². The van der Waals surface area contributed by atoms with E-state index in [1.165, 1.54) is 0 Å². The molecule has 0 bridgehead atoms. The van der Waals surface area contributed by atoms with Gasteiger partial charge >= 0.3 is 0 Å². The zero-order valence-electron chi connectivity index (χ0n) is 16.2. The van der Waals surface area contributed by atoms with Crippen molar-refractivity contribution in [2.45, 2.75) is 26.8 Å². The minimum Gasteiger partial charge on any atom is -0.362 e. The highest BCUT2D eigenvalue weighted by atomic mass is 16.2. The van der Waals surface area contributed by atoms with E-state index in [-0.39, 0.29) is 5.91 Å².